The number of hydrogen-bond acceptors (Lipinski definition) is 2. The van der Waals surface area contributed by atoms with Crippen LogP contribution in [0.15, 0.2) is 18.2 Å². The second-order valence-corrected chi connectivity index (χ2v) is 3.78. The van der Waals surface area contributed by atoms with E-state index in [0.29, 0.717) is 5.56 Å². The number of benzene rings is 1. The second kappa shape index (κ2) is 5.87. The van der Waals surface area contributed by atoms with Crippen molar-refractivity contribution in [2.45, 2.75) is 6.42 Å². The third kappa shape index (κ3) is 3.51. The Balaban J connectivity index is 2.85. The summed E-state index contributed by atoms with van der Waals surface area (Å²) in [6.07, 6.45) is 3.22. The fourth-order valence-corrected chi connectivity index (χ4v) is 1.66. The quantitative estimate of drug-likeness (QED) is 0.777. The predicted octanol–water partition coefficient (Wildman–Crippen LogP) is 3.71. The summed E-state index contributed by atoms with van der Waals surface area (Å²) in [5.74, 6) is -0.870. The van der Waals surface area contributed by atoms with E-state index < -0.39 is 5.82 Å². The van der Waals surface area contributed by atoms with Gasteiger partial charge in [-0.2, -0.15) is 0 Å². The summed E-state index contributed by atoms with van der Waals surface area (Å²) in [6.45, 7) is 0. The molecule has 16 heavy (non-hydrogen) atoms. The summed E-state index contributed by atoms with van der Waals surface area (Å²) in [5, 5.41) is 0.400. The normalized spacial score (nSPS) is 10.8. The summed E-state index contributed by atoms with van der Waals surface area (Å²) in [5.41, 5.74) is 0.480. The van der Waals surface area contributed by atoms with Crippen LogP contribution in [0.5, 0.6) is 0 Å². The first-order valence-corrected chi connectivity index (χ1v) is 5.18. The van der Waals surface area contributed by atoms with Crippen LogP contribution in [0.3, 0.4) is 0 Å². The zero-order chi connectivity index (χ0) is 12.1. The molecule has 0 spiro atoms. The standard InChI is InChI=1S/C11H9Cl2FO2/c1-16-11(15)4-2-3-8-9(12)5-7(14)6-10(8)13/h2-3,5-6H,4H2,1H3. The molecule has 0 aliphatic heterocycles. The van der Waals surface area contributed by atoms with Crippen molar-refractivity contribution in [2.24, 2.45) is 0 Å². The number of rotatable bonds is 3. The summed E-state index contributed by atoms with van der Waals surface area (Å²) >= 11 is 11.6. The topological polar surface area (TPSA) is 26.3 Å². The average molecular weight is 263 g/mol. The molecule has 0 aromatic heterocycles. The molecule has 1 aromatic rings. The molecule has 0 aliphatic rings. The van der Waals surface area contributed by atoms with Gasteiger partial charge in [-0.25, -0.2) is 4.39 Å². The van der Waals surface area contributed by atoms with Crippen LogP contribution in [0, 0.1) is 5.82 Å². The molecule has 0 amide bonds. The molecular weight excluding hydrogens is 254 g/mol. The third-order valence-electron chi connectivity index (χ3n) is 1.84. The Labute approximate surface area is 103 Å². The van der Waals surface area contributed by atoms with E-state index in [1.807, 2.05) is 0 Å². The van der Waals surface area contributed by atoms with Gasteiger partial charge in [0, 0.05) is 5.56 Å². The van der Waals surface area contributed by atoms with Gasteiger partial charge >= 0.3 is 5.97 Å². The molecule has 0 aliphatic carbocycles. The molecule has 0 atom stereocenters. The number of carbonyl (C=O) groups excluding carboxylic acids is 1. The minimum absolute atomic E-state index is 0.112. The molecule has 2 nitrogen and oxygen atoms in total. The highest BCUT2D eigenvalue weighted by molar-refractivity contribution is 6.37. The van der Waals surface area contributed by atoms with Crippen LogP contribution in [-0.2, 0) is 9.53 Å². The molecule has 1 aromatic carbocycles. The number of methoxy groups -OCH3 is 1. The molecule has 1 rings (SSSR count). The Hall–Kier alpha value is -1.06. The largest absolute Gasteiger partial charge is 0.469 e. The number of halogens is 3. The molecular formula is C11H9Cl2FO2. The minimum Gasteiger partial charge on any atom is -0.469 e. The lowest BCUT2D eigenvalue weighted by atomic mass is 10.2. The van der Waals surface area contributed by atoms with Crippen LogP contribution < -0.4 is 0 Å². The van der Waals surface area contributed by atoms with Gasteiger partial charge in [0.05, 0.1) is 23.6 Å². The molecule has 0 unspecified atom stereocenters. The van der Waals surface area contributed by atoms with E-state index in [1.54, 1.807) is 12.2 Å². The predicted molar refractivity (Wildman–Crippen MR) is 62.1 cm³/mol. The molecule has 0 saturated carbocycles. The van der Waals surface area contributed by atoms with Crippen LogP contribution in [0.2, 0.25) is 10.0 Å². The van der Waals surface area contributed by atoms with E-state index in [2.05, 4.69) is 4.74 Å². The summed E-state index contributed by atoms with van der Waals surface area (Å²) in [6, 6.07) is 2.32. The Morgan fingerprint density at radius 2 is 2.00 bits per heavy atom. The van der Waals surface area contributed by atoms with E-state index >= 15 is 0 Å². The van der Waals surface area contributed by atoms with Gasteiger partial charge in [-0.05, 0) is 12.1 Å². The Kier molecular flexibility index (Phi) is 4.77. The van der Waals surface area contributed by atoms with Crippen molar-refractivity contribution in [3.63, 3.8) is 0 Å². The lowest BCUT2D eigenvalue weighted by Crippen LogP contribution is -1.96. The van der Waals surface area contributed by atoms with Crippen LogP contribution in [-0.4, -0.2) is 13.1 Å². The van der Waals surface area contributed by atoms with Crippen molar-refractivity contribution in [1.82, 2.24) is 0 Å². The van der Waals surface area contributed by atoms with Gasteiger partial charge in [0.2, 0.25) is 0 Å². The minimum atomic E-state index is -0.500. The maximum Gasteiger partial charge on any atom is 0.309 e. The SMILES string of the molecule is COC(=O)CC=Cc1c(Cl)cc(F)cc1Cl. The first-order chi connectivity index (χ1) is 7.54. The third-order valence-corrected chi connectivity index (χ3v) is 2.47. The maximum atomic E-state index is 12.8. The van der Waals surface area contributed by atoms with E-state index in [0.717, 1.165) is 12.1 Å². The maximum absolute atomic E-state index is 12.8. The molecule has 0 bridgehead atoms. The zero-order valence-electron chi connectivity index (χ0n) is 8.47. The first kappa shape index (κ1) is 13.0. The van der Waals surface area contributed by atoms with E-state index in [9.17, 15) is 9.18 Å². The van der Waals surface area contributed by atoms with Crippen LogP contribution in [0.4, 0.5) is 4.39 Å². The highest BCUT2D eigenvalue weighted by Gasteiger charge is 2.05. The van der Waals surface area contributed by atoms with Crippen LogP contribution >= 0.6 is 23.2 Å². The fourth-order valence-electron chi connectivity index (χ4n) is 1.07. The molecule has 86 valence electrons. The second-order valence-electron chi connectivity index (χ2n) is 2.97. The van der Waals surface area contributed by atoms with Crippen molar-refractivity contribution in [3.8, 4) is 0 Å². The Morgan fingerprint density at radius 3 is 2.50 bits per heavy atom. The Bertz CT molecular complexity index is 407. The van der Waals surface area contributed by atoms with E-state index in [4.69, 9.17) is 23.2 Å². The zero-order valence-corrected chi connectivity index (χ0v) is 9.98. The highest BCUT2D eigenvalue weighted by atomic mass is 35.5. The lowest BCUT2D eigenvalue weighted by molar-refractivity contribution is -0.139. The van der Waals surface area contributed by atoms with E-state index in [1.165, 1.54) is 7.11 Å². The van der Waals surface area contributed by atoms with Gasteiger partial charge in [-0.15, -0.1) is 0 Å². The van der Waals surface area contributed by atoms with Gasteiger partial charge in [-0.1, -0.05) is 35.4 Å². The molecule has 0 saturated heterocycles. The van der Waals surface area contributed by atoms with Crippen molar-refractivity contribution < 1.29 is 13.9 Å². The number of esters is 1. The number of hydrogen-bond donors (Lipinski definition) is 0. The Morgan fingerprint density at radius 1 is 1.44 bits per heavy atom. The molecule has 0 N–H and O–H groups in total. The average Bonchev–Trinajstić information content (AvgIpc) is 2.21. The first-order valence-electron chi connectivity index (χ1n) is 4.42. The van der Waals surface area contributed by atoms with Crippen LogP contribution in [0.1, 0.15) is 12.0 Å². The van der Waals surface area contributed by atoms with Crippen LogP contribution in [0.25, 0.3) is 6.08 Å². The van der Waals surface area contributed by atoms with Crippen molar-refractivity contribution in [1.29, 1.82) is 0 Å². The van der Waals surface area contributed by atoms with Gasteiger partial charge in [-0.3, -0.25) is 4.79 Å². The molecule has 0 heterocycles. The van der Waals surface area contributed by atoms with Gasteiger partial charge in [0.25, 0.3) is 0 Å². The lowest BCUT2D eigenvalue weighted by Gasteiger charge is -2.01. The summed E-state index contributed by atoms with van der Waals surface area (Å²) in [7, 11) is 1.30. The van der Waals surface area contributed by atoms with Crippen molar-refractivity contribution in [3.05, 3.63) is 39.6 Å². The van der Waals surface area contributed by atoms with Crippen molar-refractivity contribution in [2.75, 3.05) is 7.11 Å². The molecule has 0 radical (unpaired) electrons. The van der Waals surface area contributed by atoms with Gasteiger partial charge in [0.1, 0.15) is 5.82 Å². The molecule has 5 heteroatoms. The summed E-state index contributed by atoms with van der Waals surface area (Å²) in [4.78, 5) is 10.8. The summed E-state index contributed by atoms with van der Waals surface area (Å²) < 4.78 is 17.3. The number of carbonyl (C=O) groups is 1. The number of ether oxygens (including phenoxy) is 1. The smallest absolute Gasteiger partial charge is 0.309 e. The highest BCUT2D eigenvalue weighted by Crippen LogP contribution is 2.27. The van der Waals surface area contributed by atoms with E-state index in [-0.39, 0.29) is 22.4 Å². The van der Waals surface area contributed by atoms with Gasteiger partial charge in [0.15, 0.2) is 0 Å². The fraction of sp³-hybridized carbons (Fsp3) is 0.182. The monoisotopic (exact) mass is 262 g/mol. The van der Waals surface area contributed by atoms with Gasteiger partial charge < -0.3 is 4.74 Å². The van der Waals surface area contributed by atoms with Crippen molar-refractivity contribution >= 4 is 35.2 Å². The molecule has 0 fully saturated rings.